The molecule has 188 valence electrons. The van der Waals surface area contributed by atoms with Crippen molar-refractivity contribution >= 4 is 23.1 Å². The number of aliphatic hydroxyl groups is 1. The maximum absolute atomic E-state index is 13.4. The van der Waals surface area contributed by atoms with Crippen LogP contribution in [0.2, 0.25) is 0 Å². The Morgan fingerprint density at radius 3 is 2.35 bits per heavy atom. The highest BCUT2D eigenvalue weighted by atomic mass is 16.5. The molecule has 1 fully saturated rings. The number of anilines is 1. The van der Waals surface area contributed by atoms with Gasteiger partial charge in [0, 0.05) is 5.69 Å². The van der Waals surface area contributed by atoms with E-state index in [1.54, 1.807) is 37.3 Å². The highest BCUT2D eigenvalue weighted by Gasteiger charge is 2.47. The molecule has 9 nitrogen and oxygen atoms in total. The first-order chi connectivity index (χ1) is 17.8. The van der Waals surface area contributed by atoms with Gasteiger partial charge < -0.3 is 24.4 Å². The van der Waals surface area contributed by atoms with Gasteiger partial charge in [0.15, 0.2) is 11.5 Å². The van der Waals surface area contributed by atoms with E-state index in [1.807, 2.05) is 6.07 Å². The number of phenolic OH excluding ortho intramolecular Hbond substituents is 1. The molecule has 1 atom stereocenters. The number of aromatic hydroxyl groups is 1. The number of Topliss-reactive ketones (excluding diaryl/α,β-unsaturated/α-hetero) is 1. The van der Waals surface area contributed by atoms with E-state index in [9.17, 15) is 25.1 Å². The Morgan fingerprint density at radius 1 is 1.00 bits per heavy atom. The highest BCUT2D eigenvalue weighted by Crippen LogP contribution is 2.45. The summed E-state index contributed by atoms with van der Waals surface area (Å²) in [6.07, 6.45) is 0. The minimum atomic E-state index is -1.08. The summed E-state index contributed by atoms with van der Waals surface area (Å²) in [5.41, 5.74) is 1.10. The number of ether oxygens (including phenoxy) is 3. The van der Waals surface area contributed by atoms with E-state index in [1.165, 1.54) is 49.5 Å². The zero-order valence-electron chi connectivity index (χ0n) is 20.4. The van der Waals surface area contributed by atoms with Gasteiger partial charge in [-0.25, -0.2) is 0 Å². The van der Waals surface area contributed by atoms with Crippen molar-refractivity contribution in [3.05, 3.63) is 82.9 Å². The van der Waals surface area contributed by atoms with Crippen molar-refractivity contribution in [2.45, 2.75) is 13.0 Å². The lowest BCUT2D eigenvalue weighted by molar-refractivity contribution is -0.132. The number of nitrogens with zero attached hydrogens (tertiary/aromatic N) is 2. The minimum absolute atomic E-state index is 0.115. The van der Waals surface area contributed by atoms with E-state index in [0.29, 0.717) is 22.6 Å². The van der Waals surface area contributed by atoms with Gasteiger partial charge >= 0.3 is 0 Å². The molecule has 1 heterocycles. The van der Waals surface area contributed by atoms with Gasteiger partial charge in [-0.1, -0.05) is 6.07 Å². The molecule has 1 amide bonds. The van der Waals surface area contributed by atoms with Crippen LogP contribution in [-0.4, -0.2) is 42.7 Å². The molecule has 1 saturated heterocycles. The number of aliphatic hydroxyl groups excluding tert-OH is 1. The normalized spacial score (nSPS) is 16.4. The van der Waals surface area contributed by atoms with Crippen LogP contribution in [0.25, 0.3) is 5.76 Å². The van der Waals surface area contributed by atoms with Gasteiger partial charge in [0.2, 0.25) is 0 Å². The molecule has 0 bridgehead atoms. The smallest absolute Gasteiger partial charge is 0.300 e. The van der Waals surface area contributed by atoms with Gasteiger partial charge in [-0.05, 0) is 67.1 Å². The van der Waals surface area contributed by atoms with Crippen molar-refractivity contribution in [2.24, 2.45) is 0 Å². The van der Waals surface area contributed by atoms with Crippen molar-refractivity contribution in [1.82, 2.24) is 0 Å². The van der Waals surface area contributed by atoms with Crippen LogP contribution in [0.3, 0.4) is 0 Å². The molecular weight excluding hydrogens is 476 g/mol. The van der Waals surface area contributed by atoms with Crippen molar-refractivity contribution in [3.8, 4) is 29.1 Å². The summed E-state index contributed by atoms with van der Waals surface area (Å²) in [5, 5.41) is 30.9. The molecular formula is C28H24N2O7. The number of hydrogen-bond donors (Lipinski definition) is 2. The maximum atomic E-state index is 13.4. The number of nitriles is 1. The van der Waals surface area contributed by atoms with Crippen LogP contribution >= 0.6 is 0 Å². The van der Waals surface area contributed by atoms with Crippen LogP contribution in [0.5, 0.6) is 23.0 Å². The zero-order chi connectivity index (χ0) is 26.7. The number of benzene rings is 3. The molecule has 0 aliphatic carbocycles. The summed E-state index contributed by atoms with van der Waals surface area (Å²) in [4.78, 5) is 28.0. The van der Waals surface area contributed by atoms with E-state index in [-0.39, 0.29) is 35.0 Å². The number of ketones is 1. The average Bonchev–Trinajstić information content (AvgIpc) is 3.19. The molecule has 0 saturated carbocycles. The van der Waals surface area contributed by atoms with Crippen molar-refractivity contribution in [3.63, 3.8) is 0 Å². The second-order valence-electron chi connectivity index (χ2n) is 8.05. The number of amides is 1. The zero-order valence-corrected chi connectivity index (χ0v) is 20.4. The molecule has 1 unspecified atom stereocenters. The molecule has 0 spiro atoms. The topological polar surface area (TPSA) is 129 Å². The molecule has 0 radical (unpaired) electrons. The first-order valence-corrected chi connectivity index (χ1v) is 11.3. The molecule has 37 heavy (non-hydrogen) atoms. The predicted octanol–water partition coefficient (Wildman–Crippen LogP) is 4.31. The lowest BCUT2D eigenvalue weighted by Gasteiger charge is -2.26. The number of phenols is 1. The fourth-order valence-corrected chi connectivity index (χ4v) is 4.23. The summed E-state index contributed by atoms with van der Waals surface area (Å²) in [6.45, 7) is 2.03. The number of hydrogen-bond acceptors (Lipinski definition) is 8. The van der Waals surface area contributed by atoms with Crippen LogP contribution < -0.4 is 19.1 Å². The Balaban J connectivity index is 1.99. The fraction of sp³-hybridized carbons (Fsp3) is 0.179. The van der Waals surface area contributed by atoms with Gasteiger partial charge in [0.05, 0.1) is 49.6 Å². The largest absolute Gasteiger partial charge is 0.507 e. The Morgan fingerprint density at radius 2 is 1.73 bits per heavy atom. The number of carbonyl (C=O) groups excluding carboxylic acids is 2. The van der Waals surface area contributed by atoms with Crippen LogP contribution in [-0.2, 0) is 9.59 Å². The molecule has 2 N–H and O–H groups in total. The summed E-state index contributed by atoms with van der Waals surface area (Å²) >= 11 is 0. The van der Waals surface area contributed by atoms with Gasteiger partial charge in [-0.3, -0.25) is 14.5 Å². The maximum Gasteiger partial charge on any atom is 0.300 e. The van der Waals surface area contributed by atoms with Crippen LogP contribution in [0.15, 0.2) is 66.2 Å². The van der Waals surface area contributed by atoms with Crippen molar-refractivity contribution in [1.29, 1.82) is 5.26 Å². The fourth-order valence-electron chi connectivity index (χ4n) is 4.23. The second kappa shape index (κ2) is 10.3. The first kappa shape index (κ1) is 25.1. The second-order valence-corrected chi connectivity index (χ2v) is 8.05. The van der Waals surface area contributed by atoms with E-state index < -0.39 is 23.5 Å². The number of methoxy groups -OCH3 is 2. The third-order valence-corrected chi connectivity index (χ3v) is 5.98. The van der Waals surface area contributed by atoms with Crippen molar-refractivity contribution < 1.29 is 34.0 Å². The average molecular weight is 501 g/mol. The van der Waals surface area contributed by atoms with Gasteiger partial charge in [0.1, 0.15) is 17.3 Å². The van der Waals surface area contributed by atoms with E-state index in [2.05, 4.69) is 0 Å². The van der Waals surface area contributed by atoms with Crippen molar-refractivity contribution in [2.75, 3.05) is 25.7 Å². The van der Waals surface area contributed by atoms with Gasteiger partial charge in [-0.2, -0.15) is 5.26 Å². The van der Waals surface area contributed by atoms with E-state index in [4.69, 9.17) is 14.2 Å². The number of carbonyl (C=O) groups is 2. The van der Waals surface area contributed by atoms with E-state index >= 15 is 0 Å². The lowest BCUT2D eigenvalue weighted by atomic mass is 9.94. The number of rotatable bonds is 7. The van der Waals surface area contributed by atoms with Crippen LogP contribution in [0.1, 0.15) is 29.7 Å². The van der Waals surface area contributed by atoms with E-state index in [0.717, 1.165) is 0 Å². The van der Waals surface area contributed by atoms with Gasteiger partial charge in [-0.15, -0.1) is 0 Å². The monoisotopic (exact) mass is 500 g/mol. The SMILES string of the molecule is CCOc1cc(C2/C(=C(\O)c3cc(OC)ccc3OC)C(=O)C(=O)N2c2ccc(C#N)cc2)ccc1O. The summed E-state index contributed by atoms with van der Waals surface area (Å²) in [7, 11) is 2.88. The molecule has 1 aliphatic rings. The molecule has 9 heteroatoms. The molecule has 0 aromatic heterocycles. The Kier molecular flexibility index (Phi) is 7.02. The molecule has 4 rings (SSSR count). The first-order valence-electron chi connectivity index (χ1n) is 11.3. The van der Waals surface area contributed by atoms with Crippen LogP contribution in [0.4, 0.5) is 5.69 Å². The third-order valence-electron chi connectivity index (χ3n) is 5.98. The molecule has 3 aromatic rings. The summed E-state index contributed by atoms with van der Waals surface area (Å²) in [5.74, 6) is -1.53. The quantitative estimate of drug-likeness (QED) is 0.279. The Bertz CT molecular complexity index is 1440. The summed E-state index contributed by atoms with van der Waals surface area (Å²) in [6, 6.07) is 16.3. The lowest BCUT2D eigenvalue weighted by Crippen LogP contribution is -2.29. The molecule has 3 aromatic carbocycles. The van der Waals surface area contributed by atoms with Gasteiger partial charge in [0.25, 0.3) is 11.7 Å². The minimum Gasteiger partial charge on any atom is -0.507 e. The van der Waals surface area contributed by atoms with Crippen LogP contribution in [0, 0.1) is 11.3 Å². The predicted molar refractivity (Wildman–Crippen MR) is 135 cm³/mol. The Hall–Kier alpha value is -4.97. The summed E-state index contributed by atoms with van der Waals surface area (Å²) < 4.78 is 16.2. The Labute approximate surface area is 213 Å². The third kappa shape index (κ3) is 4.52. The standard InChI is InChI=1S/C28H24N2O7/c1-4-37-23-13-17(7-11-21(23)31)25-24(26(32)20-14-19(35-2)10-12-22(20)36-3)27(33)28(34)30(25)18-8-5-16(15-29)6-9-18/h5-14,25,31-32H,4H2,1-3H3/b26-24+. The molecule has 1 aliphatic heterocycles. The highest BCUT2D eigenvalue weighted by molar-refractivity contribution is 6.51.